The van der Waals surface area contributed by atoms with Gasteiger partial charge in [-0.1, -0.05) is 24.3 Å². The zero-order valence-electron chi connectivity index (χ0n) is 18.6. The zero-order chi connectivity index (χ0) is 22.1. The van der Waals surface area contributed by atoms with Crippen LogP contribution in [-0.4, -0.2) is 48.1 Å². The van der Waals surface area contributed by atoms with Crippen molar-refractivity contribution in [3.63, 3.8) is 0 Å². The SMILES string of the molecule is CN=C(NCc1ccccc1-n1nc(C)cc1C)NCc1cccnc1OCCOC. The molecule has 2 aromatic heterocycles. The molecular formula is C23H30N6O2. The van der Waals surface area contributed by atoms with Gasteiger partial charge in [-0.3, -0.25) is 4.99 Å². The van der Waals surface area contributed by atoms with Crippen LogP contribution in [0.4, 0.5) is 0 Å². The second kappa shape index (κ2) is 11.1. The van der Waals surface area contributed by atoms with Crippen molar-refractivity contribution in [3.8, 4) is 11.6 Å². The number of aryl methyl sites for hydroxylation is 2. The Morgan fingerprint density at radius 3 is 2.48 bits per heavy atom. The summed E-state index contributed by atoms with van der Waals surface area (Å²) < 4.78 is 12.7. The number of guanidine groups is 1. The zero-order valence-corrected chi connectivity index (χ0v) is 18.6. The number of nitrogens with one attached hydrogen (secondary N) is 2. The molecule has 0 saturated carbocycles. The third kappa shape index (κ3) is 6.05. The quantitative estimate of drug-likeness (QED) is 0.313. The molecule has 8 heteroatoms. The molecule has 0 aliphatic rings. The summed E-state index contributed by atoms with van der Waals surface area (Å²) in [6.07, 6.45) is 1.72. The van der Waals surface area contributed by atoms with Gasteiger partial charge in [-0.2, -0.15) is 5.10 Å². The standard InChI is InChI=1S/C23H30N6O2/c1-17-14-18(2)29(28-17)21-10-6-5-8-19(21)15-26-23(24-3)27-16-20-9-7-11-25-22(20)31-13-12-30-4/h5-11,14H,12-13,15-16H2,1-4H3,(H2,24,26,27). The number of nitrogens with zero attached hydrogens (tertiary/aromatic N) is 4. The minimum atomic E-state index is 0.455. The van der Waals surface area contributed by atoms with E-state index in [1.165, 1.54) is 0 Å². The highest BCUT2D eigenvalue weighted by molar-refractivity contribution is 5.79. The second-order valence-corrected chi connectivity index (χ2v) is 7.06. The van der Waals surface area contributed by atoms with Crippen molar-refractivity contribution in [3.05, 3.63) is 71.2 Å². The van der Waals surface area contributed by atoms with Crippen LogP contribution < -0.4 is 15.4 Å². The Morgan fingerprint density at radius 2 is 1.77 bits per heavy atom. The highest BCUT2D eigenvalue weighted by Crippen LogP contribution is 2.17. The van der Waals surface area contributed by atoms with Crippen molar-refractivity contribution in [1.82, 2.24) is 25.4 Å². The predicted octanol–water partition coefficient (Wildman–Crippen LogP) is 2.77. The van der Waals surface area contributed by atoms with Crippen LogP contribution in [0.3, 0.4) is 0 Å². The van der Waals surface area contributed by atoms with Crippen molar-refractivity contribution >= 4 is 5.96 Å². The van der Waals surface area contributed by atoms with Crippen LogP contribution in [0.5, 0.6) is 5.88 Å². The smallest absolute Gasteiger partial charge is 0.218 e. The van der Waals surface area contributed by atoms with E-state index in [-0.39, 0.29) is 0 Å². The summed E-state index contributed by atoms with van der Waals surface area (Å²) in [5.74, 6) is 1.28. The fourth-order valence-corrected chi connectivity index (χ4v) is 3.23. The van der Waals surface area contributed by atoms with Crippen LogP contribution in [0.25, 0.3) is 5.69 Å². The average molecular weight is 423 g/mol. The minimum Gasteiger partial charge on any atom is -0.475 e. The third-order valence-corrected chi connectivity index (χ3v) is 4.72. The maximum Gasteiger partial charge on any atom is 0.218 e. The van der Waals surface area contributed by atoms with Gasteiger partial charge in [-0.25, -0.2) is 9.67 Å². The van der Waals surface area contributed by atoms with E-state index in [1.807, 2.05) is 35.9 Å². The molecule has 0 atom stereocenters. The molecule has 0 aliphatic heterocycles. The van der Waals surface area contributed by atoms with Crippen molar-refractivity contribution in [2.75, 3.05) is 27.4 Å². The first-order chi connectivity index (χ1) is 15.1. The maximum absolute atomic E-state index is 5.70. The van der Waals surface area contributed by atoms with E-state index >= 15 is 0 Å². The summed E-state index contributed by atoms with van der Waals surface area (Å²) >= 11 is 0. The molecule has 1 aromatic carbocycles. The van der Waals surface area contributed by atoms with Crippen LogP contribution in [-0.2, 0) is 17.8 Å². The molecule has 0 saturated heterocycles. The Bertz CT molecular complexity index is 1010. The van der Waals surface area contributed by atoms with Crippen LogP contribution in [0.2, 0.25) is 0 Å². The second-order valence-electron chi connectivity index (χ2n) is 7.06. The lowest BCUT2D eigenvalue weighted by Gasteiger charge is -2.16. The van der Waals surface area contributed by atoms with E-state index in [1.54, 1.807) is 20.4 Å². The van der Waals surface area contributed by atoms with Gasteiger partial charge in [0.2, 0.25) is 5.88 Å². The first-order valence-corrected chi connectivity index (χ1v) is 10.2. The fraction of sp³-hybridized carbons (Fsp3) is 0.348. The largest absolute Gasteiger partial charge is 0.475 e. The molecule has 0 unspecified atom stereocenters. The average Bonchev–Trinajstić information content (AvgIpc) is 3.12. The molecule has 3 aromatic rings. The molecule has 2 heterocycles. The number of para-hydroxylation sites is 1. The molecule has 0 radical (unpaired) electrons. The molecule has 2 N–H and O–H groups in total. The lowest BCUT2D eigenvalue weighted by atomic mass is 10.1. The normalized spacial score (nSPS) is 11.4. The number of methoxy groups -OCH3 is 1. The van der Waals surface area contributed by atoms with E-state index in [0.29, 0.717) is 38.1 Å². The number of pyridine rings is 1. The molecule has 0 fully saturated rings. The minimum absolute atomic E-state index is 0.455. The molecule has 0 bridgehead atoms. The van der Waals surface area contributed by atoms with Crippen LogP contribution in [0.15, 0.2) is 53.7 Å². The molecule has 0 spiro atoms. The highest BCUT2D eigenvalue weighted by atomic mass is 16.5. The summed E-state index contributed by atoms with van der Waals surface area (Å²) in [5.41, 5.74) is 5.23. The van der Waals surface area contributed by atoms with E-state index in [9.17, 15) is 0 Å². The van der Waals surface area contributed by atoms with Gasteiger partial charge in [0.1, 0.15) is 6.61 Å². The Balaban J connectivity index is 1.63. The number of aromatic nitrogens is 3. The summed E-state index contributed by atoms with van der Waals surface area (Å²) in [7, 11) is 3.40. The number of ether oxygens (including phenoxy) is 2. The molecule has 31 heavy (non-hydrogen) atoms. The predicted molar refractivity (Wildman–Crippen MR) is 122 cm³/mol. The lowest BCUT2D eigenvalue weighted by Crippen LogP contribution is -2.36. The van der Waals surface area contributed by atoms with Gasteiger partial charge >= 0.3 is 0 Å². The van der Waals surface area contributed by atoms with Gasteiger partial charge in [-0.15, -0.1) is 0 Å². The summed E-state index contributed by atoms with van der Waals surface area (Å²) in [6, 6.07) is 14.2. The number of rotatable bonds is 9. The van der Waals surface area contributed by atoms with Gasteiger partial charge in [-0.05, 0) is 37.6 Å². The number of aliphatic imine (C=N–C) groups is 1. The fourth-order valence-electron chi connectivity index (χ4n) is 3.23. The summed E-state index contributed by atoms with van der Waals surface area (Å²) in [5, 5.41) is 11.3. The molecule has 0 amide bonds. The van der Waals surface area contributed by atoms with E-state index in [4.69, 9.17) is 9.47 Å². The Morgan fingerprint density at radius 1 is 1.03 bits per heavy atom. The topological polar surface area (TPSA) is 85.6 Å². The highest BCUT2D eigenvalue weighted by Gasteiger charge is 2.10. The van der Waals surface area contributed by atoms with Gasteiger partial charge in [0.25, 0.3) is 0 Å². The molecule has 164 valence electrons. The van der Waals surface area contributed by atoms with Crippen LogP contribution >= 0.6 is 0 Å². The van der Waals surface area contributed by atoms with Crippen molar-refractivity contribution < 1.29 is 9.47 Å². The Kier molecular flexibility index (Phi) is 8.00. The van der Waals surface area contributed by atoms with E-state index in [2.05, 4.69) is 50.8 Å². The monoisotopic (exact) mass is 422 g/mol. The Labute approximate surface area is 183 Å². The van der Waals surface area contributed by atoms with Gasteiger partial charge in [0, 0.05) is 44.7 Å². The first-order valence-electron chi connectivity index (χ1n) is 10.2. The summed E-state index contributed by atoms with van der Waals surface area (Å²) in [6.45, 7) is 6.18. The summed E-state index contributed by atoms with van der Waals surface area (Å²) in [4.78, 5) is 8.65. The van der Waals surface area contributed by atoms with Crippen LogP contribution in [0, 0.1) is 13.8 Å². The molecule has 0 aliphatic carbocycles. The molecule has 8 nitrogen and oxygen atoms in total. The number of benzene rings is 1. The van der Waals surface area contributed by atoms with Crippen molar-refractivity contribution in [2.24, 2.45) is 4.99 Å². The molecular weight excluding hydrogens is 392 g/mol. The lowest BCUT2D eigenvalue weighted by molar-refractivity contribution is 0.143. The number of hydrogen-bond donors (Lipinski definition) is 2. The van der Waals surface area contributed by atoms with Crippen molar-refractivity contribution in [1.29, 1.82) is 0 Å². The van der Waals surface area contributed by atoms with Gasteiger partial charge < -0.3 is 20.1 Å². The third-order valence-electron chi connectivity index (χ3n) is 4.72. The first kappa shape index (κ1) is 22.3. The van der Waals surface area contributed by atoms with Crippen molar-refractivity contribution in [2.45, 2.75) is 26.9 Å². The Hall–Kier alpha value is -3.39. The maximum atomic E-state index is 5.70. The number of hydrogen-bond acceptors (Lipinski definition) is 5. The van der Waals surface area contributed by atoms with Crippen LogP contribution in [0.1, 0.15) is 22.5 Å². The van der Waals surface area contributed by atoms with E-state index < -0.39 is 0 Å². The van der Waals surface area contributed by atoms with Gasteiger partial charge in [0.15, 0.2) is 5.96 Å². The van der Waals surface area contributed by atoms with E-state index in [0.717, 1.165) is 28.2 Å². The van der Waals surface area contributed by atoms with Gasteiger partial charge in [0.05, 0.1) is 18.0 Å². The molecule has 3 rings (SSSR count).